The zero-order valence-electron chi connectivity index (χ0n) is 9.70. The molecule has 1 heterocycles. The van der Waals surface area contributed by atoms with Gasteiger partial charge in [-0.3, -0.25) is 0 Å². The molecule has 1 rings (SSSR count). The highest BCUT2D eigenvalue weighted by Gasteiger charge is 2.34. The summed E-state index contributed by atoms with van der Waals surface area (Å²) in [6.07, 6.45) is 4.47. The largest absolute Gasteiger partial charge is 0.392 e. The lowest BCUT2D eigenvalue weighted by Gasteiger charge is -2.27. The lowest BCUT2D eigenvalue weighted by molar-refractivity contribution is 0.00409. The predicted octanol–water partition coefficient (Wildman–Crippen LogP) is 2.60. The van der Waals surface area contributed by atoms with Gasteiger partial charge in [0.2, 0.25) is 0 Å². The van der Waals surface area contributed by atoms with Crippen molar-refractivity contribution in [1.82, 2.24) is 0 Å². The molecule has 2 nitrogen and oxygen atoms in total. The first-order valence-corrected chi connectivity index (χ1v) is 6.00. The number of rotatable bonds is 5. The molecular weight excluding hydrogens is 176 g/mol. The zero-order valence-corrected chi connectivity index (χ0v) is 9.70. The molecule has 1 aliphatic rings. The van der Waals surface area contributed by atoms with Crippen LogP contribution in [0.4, 0.5) is 0 Å². The van der Waals surface area contributed by atoms with Crippen LogP contribution in [0, 0.1) is 11.8 Å². The molecule has 0 aliphatic carbocycles. The van der Waals surface area contributed by atoms with Crippen LogP contribution in [-0.2, 0) is 4.74 Å². The lowest BCUT2D eigenvalue weighted by atomic mass is 9.84. The van der Waals surface area contributed by atoms with E-state index in [1.807, 2.05) is 0 Å². The van der Waals surface area contributed by atoms with Gasteiger partial charge < -0.3 is 9.84 Å². The van der Waals surface area contributed by atoms with Crippen molar-refractivity contribution >= 4 is 0 Å². The van der Waals surface area contributed by atoms with Crippen molar-refractivity contribution in [2.24, 2.45) is 11.8 Å². The van der Waals surface area contributed by atoms with Crippen LogP contribution in [0.1, 0.15) is 46.5 Å². The fourth-order valence-corrected chi connectivity index (χ4v) is 2.52. The van der Waals surface area contributed by atoms with Gasteiger partial charge in [0.15, 0.2) is 0 Å². The summed E-state index contributed by atoms with van der Waals surface area (Å²) in [7, 11) is 0. The minimum absolute atomic E-state index is 0.164. The molecule has 0 spiro atoms. The van der Waals surface area contributed by atoms with E-state index in [2.05, 4.69) is 20.8 Å². The van der Waals surface area contributed by atoms with Gasteiger partial charge in [-0.05, 0) is 25.2 Å². The molecule has 0 amide bonds. The molecule has 0 radical (unpaired) electrons. The summed E-state index contributed by atoms with van der Waals surface area (Å²) in [5.41, 5.74) is 0. The second kappa shape index (κ2) is 5.72. The standard InChI is InChI=1S/C12H24O2/c1-4-6-9(3)12(13)10-7-8-14-11(10)5-2/h9-13H,4-8H2,1-3H3. The van der Waals surface area contributed by atoms with Crippen LogP contribution in [0.5, 0.6) is 0 Å². The van der Waals surface area contributed by atoms with E-state index >= 15 is 0 Å². The Morgan fingerprint density at radius 3 is 2.71 bits per heavy atom. The van der Waals surface area contributed by atoms with Crippen LogP contribution in [0.15, 0.2) is 0 Å². The molecule has 0 aromatic heterocycles. The van der Waals surface area contributed by atoms with Gasteiger partial charge in [-0.25, -0.2) is 0 Å². The highest BCUT2D eigenvalue weighted by Crippen LogP contribution is 2.30. The Morgan fingerprint density at radius 2 is 2.14 bits per heavy atom. The SMILES string of the molecule is CCCC(C)C(O)C1CCOC1CC. The van der Waals surface area contributed by atoms with Crippen molar-refractivity contribution in [2.45, 2.75) is 58.7 Å². The van der Waals surface area contributed by atoms with Crippen molar-refractivity contribution in [3.05, 3.63) is 0 Å². The maximum Gasteiger partial charge on any atom is 0.0626 e. The molecule has 84 valence electrons. The van der Waals surface area contributed by atoms with Crippen LogP contribution in [0.2, 0.25) is 0 Å². The summed E-state index contributed by atoms with van der Waals surface area (Å²) in [5.74, 6) is 0.794. The van der Waals surface area contributed by atoms with Gasteiger partial charge in [0.25, 0.3) is 0 Å². The van der Waals surface area contributed by atoms with Gasteiger partial charge in [-0.2, -0.15) is 0 Å². The number of hydrogen-bond acceptors (Lipinski definition) is 2. The van der Waals surface area contributed by atoms with E-state index in [1.54, 1.807) is 0 Å². The first kappa shape index (κ1) is 12.0. The molecule has 0 saturated carbocycles. The Labute approximate surface area is 87.7 Å². The van der Waals surface area contributed by atoms with Gasteiger partial charge >= 0.3 is 0 Å². The average Bonchev–Trinajstić information content (AvgIpc) is 2.64. The quantitative estimate of drug-likeness (QED) is 0.739. The van der Waals surface area contributed by atoms with Crippen molar-refractivity contribution in [2.75, 3.05) is 6.61 Å². The molecule has 0 aromatic carbocycles. The van der Waals surface area contributed by atoms with Gasteiger partial charge in [-0.15, -0.1) is 0 Å². The Hall–Kier alpha value is -0.0800. The van der Waals surface area contributed by atoms with E-state index in [0.29, 0.717) is 17.9 Å². The highest BCUT2D eigenvalue weighted by molar-refractivity contribution is 4.83. The number of aliphatic hydroxyl groups excluding tert-OH is 1. The summed E-state index contributed by atoms with van der Waals surface area (Å²) in [5, 5.41) is 10.2. The van der Waals surface area contributed by atoms with Crippen molar-refractivity contribution < 1.29 is 9.84 Å². The number of ether oxygens (including phenoxy) is 1. The fraction of sp³-hybridized carbons (Fsp3) is 1.00. The average molecular weight is 200 g/mol. The molecule has 4 unspecified atom stereocenters. The van der Waals surface area contributed by atoms with Crippen molar-refractivity contribution in [3.63, 3.8) is 0 Å². The monoisotopic (exact) mass is 200 g/mol. The van der Waals surface area contributed by atoms with Gasteiger partial charge in [-0.1, -0.05) is 27.2 Å². The maximum atomic E-state index is 10.2. The van der Waals surface area contributed by atoms with E-state index in [1.165, 1.54) is 0 Å². The number of hydrogen-bond donors (Lipinski definition) is 1. The number of aliphatic hydroxyl groups is 1. The molecule has 1 N–H and O–H groups in total. The van der Waals surface area contributed by atoms with Crippen molar-refractivity contribution in [3.8, 4) is 0 Å². The van der Waals surface area contributed by atoms with E-state index in [4.69, 9.17) is 4.74 Å². The zero-order chi connectivity index (χ0) is 10.6. The molecule has 2 heteroatoms. The molecular formula is C12H24O2. The summed E-state index contributed by atoms with van der Waals surface area (Å²) in [6.45, 7) is 7.30. The van der Waals surface area contributed by atoms with Crippen LogP contribution in [-0.4, -0.2) is 23.9 Å². The molecule has 0 aromatic rings. The second-order valence-corrected chi connectivity index (χ2v) is 4.53. The molecule has 0 bridgehead atoms. The Morgan fingerprint density at radius 1 is 1.43 bits per heavy atom. The second-order valence-electron chi connectivity index (χ2n) is 4.53. The van der Waals surface area contributed by atoms with Crippen LogP contribution in [0.25, 0.3) is 0 Å². The molecule has 1 aliphatic heterocycles. The smallest absolute Gasteiger partial charge is 0.0626 e. The van der Waals surface area contributed by atoms with Gasteiger partial charge in [0, 0.05) is 12.5 Å². The van der Waals surface area contributed by atoms with Crippen LogP contribution < -0.4 is 0 Å². The summed E-state index contributed by atoms with van der Waals surface area (Å²) < 4.78 is 5.60. The third-order valence-electron chi connectivity index (χ3n) is 3.43. The van der Waals surface area contributed by atoms with Gasteiger partial charge in [0.1, 0.15) is 0 Å². The van der Waals surface area contributed by atoms with Crippen LogP contribution >= 0.6 is 0 Å². The van der Waals surface area contributed by atoms with Gasteiger partial charge in [0.05, 0.1) is 12.2 Å². The molecule has 4 atom stereocenters. The fourth-order valence-electron chi connectivity index (χ4n) is 2.52. The lowest BCUT2D eigenvalue weighted by Crippen LogP contribution is -2.32. The first-order chi connectivity index (χ1) is 6.70. The predicted molar refractivity (Wildman–Crippen MR) is 58.2 cm³/mol. The summed E-state index contributed by atoms with van der Waals surface area (Å²) >= 11 is 0. The maximum absolute atomic E-state index is 10.2. The molecule has 1 fully saturated rings. The van der Waals surface area contributed by atoms with E-state index in [-0.39, 0.29) is 6.10 Å². The highest BCUT2D eigenvalue weighted by atomic mass is 16.5. The van der Waals surface area contributed by atoms with Crippen molar-refractivity contribution in [1.29, 1.82) is 0 Å². The molecule has 14 heavy (non-hydrogen) atoms. The van der Waals surface area contributed by atoms with Crippen LogP contribution in [0.3, 0.4) is 0 Å². The van der Waals surface area contributed by atoms with E-state index in [0.717, 1.165) is 32.3 Å². The Kier molecular flexibility index (Phi) is 4.90. The van der Waals surface area contributed by atoms with E-state index in [9.17, 15) is 5.11 Å². The Bertz CT molecular complexity index is 158. The minimum Gasteiger partial charge on any atom is -0.392 e. The Balaban J connectivity index is 2.45. The third-order valence-corrected chi connectivity index (χ3v) is 3.43. The summed E-state index contributed by atoms with van der Waals surface area (Å²) in [6, 6.07) is 0. The normalized spacial score (nSPS) is 31.7. The molecule has 1 saturated heterocycles. The van der Waals surface area contributed by atoms with E-state index < -0.39 is 0 Å². The third kappa shape index (κ3) is 2.71. The topological polar surface area (TPSA) is 29.5 Å². The summed E-state index contributed by atoms with van der Waals surface area (Å²) in [4.78, 5) is 0. The first-order valence-electron chi connectivity index (χ1n) is 6.00. The minimum atomic E-state index is -0.164.